The van der Waals surface area contributed by atoms with Gasteiger partial charge in [-0.25, -0.2) is 0 Å². The number of amidine groups is 1. The summed E-state index contributed by atoms with van der Waals surface area (Å²) in [6.45, 7) is 7.64. The highest BCUT2D eigenvalue weighted by Gasteiger charge is 2.32. The number of benzene rings is 1. The number of thioether (sulfide) groups is 1. The van der Waals surface area contributed by atoms with Gasteiger partial charge in [-0.3, -0.25) is 9.59 Å². The predicted molar refractivity (Wildman–Crippen MR) is 94.9 cm³/mol. The van der Waals surface area contributed by atoms with Crippen LogP contribution in [0.1, 0.15) is 31.4 Å². The number of hydrogen-bond donors (Lipinski definition) is 2. The second-order valence-corrected chi connectivity index (χ2v) is 6.79. The molecule has 1 aromatic rings. The Morgan fingerprint density at radius 2 is 2.04 bits per heavy atom. The molecule has 2 rings (SSSR count). The molecule has 0 saturated carbocycles. The minimum absolute atomic E-state index is 0.0945. The van der Waals surface area contributed by atoms with Crippen LogP contribution in [0.25, 0.3) is 0 Å². The van der Waals surface area contributed by atoms with E-state index in [0.717, 1.165) is 17.0 Å². The molecule has 0 aliphatic carbocycles. The van der Waals surface area contributed by atoms with Crippen molar-refractivity contribution in [1.82, 2.24) is 5.32 Å². The van der Waals surface area contributed by atoms with Crippen molar-refractivity contribution in [2.75, 3.05) is 5.32 Å². The average Bonchev–Trinajstić information content (AvgIpc) is 2.81. The fourth-order valence-electron chi connectivity index (χ4n) is 1.93. The molecule has 1 saturated heterocycles. The zero-order valence-electron chi connectivity index (χ0n) is 13.6. The van der Waals surface area contributed by atoms with Crippen molar-refractivity contribution in [3.63, 3.8) is 0 Å². The molecule has 1 aliphatic heterocycles. The molecule has 1 aromatic carbocycles. The maximum atomic E-state index is 12.1. The molecule has 1 aliphatic rings. The van der Waals surface area contributed by atoms with E-state index in [0.29, 0.717) is 5.17 Å². The molecule has 7 heteroatoms. The number of amides is 2. The van der Waals surface area contributed by atoms with Crippen molar-refractivity contribution < 1.29 is 9.59 Å². The fraction of sp³-hybridized carbons (Fsp3) is 0.375. The molecule has 2 amide bonds. The van der Waals surface area contributed by atoms with E-state index in [9.17, 15) is 9.59 Å². The first kappa shape index (κ1) is 17.2. The number of carbonyl (C=O) groups excluding carboxylic acids is 2. The normalized spacial score (nSPS) is 18.7. The fourth-order valence-corrected chi connectivity index (χ4v) is 2.85. The first-order valence-corrected chi connectivity index (χ1v) is 8.16. The lowest BCUT2D eigenvalue weighted by Gasteiger charge is -2.09. The highest BCUT2D eigenvalue weighted by molar-refractivity contribution is 8.15. The molecule has 23 heavy (non-hydrogen) atoms. The van der Waals surface area contributed by atoms with E-state index in [1.165, 1.54) is 17.3 Å². The van der Waals surface area contributed by atoms with E-state index >= 15 is 0 Å². The van der Waals surface area contributed by atoms with Crippen molar-refractivity contribution in [2.24, 2.45) is 10.2 Å². The average molecular weight is 332 g/mol. The first-order valence-electron chi connectivity index (χ1n) is 7.28. The second kappa shape index (κ2) is 7.41. The molecule has 1 heterocycles. The Labute approximate surface area is 139 Å². The quantitative estimate of drug-likeness (QED) is 0.657. The lowest BCUT2D eigenvalue weighted by molar-refractivity contribution is -0.122. The van der Waals surface area contributed by atoms with Gasteiger partial charge in [-0.1, -0.05) is 17.8 Å². The predicted octanol–water partition coefficient (Wildman–Crippen LogP) is 2.62. The zero-order chi connectivity index (χ0) is 17.0. The Morgan fingerprint density at radius 3 is 2.70 bits per heavy atom. The summed E-state index contributed by atoms with van der Waals surface area (Å²) in [5.74, 6) is -0.412. The highest BCUT2D eigenvalue weighted by Crippen LogP contribution is 2.23. The highest BCUT2D eigenvalue weighted by atomic mass is 32.2. The number of hydrogen-bond acceptors (Lipinski definition) is 5. The Hall–Kier alpha value is -2.15. The van der Waals surface area contributed by atoms with Gasteiger partial charge < -0.3 is 10.6 Å². The topological polar surface area (TPSA) is 82.9 Å². The van der Waals surface area contributed by atoms with Crippen molar-refractivity contribution in [2.45, 2.75) is 39.4 Å². The SMILES string of the molecule is CC(C)=N/N=C1\NC(=O)[C@H](CC(=O)Nc2ccc(C)c(C)c2)S1. The van der Waals surface area contributed by atoms with Crippen LogP contribution in [0.2, 0.25) is 0 Å². The van der Waals surface area contributed by atoms with Crippen LogP contribution < -0.4 is 10.6 Å². The Bertz CT molecular complexity index is 693. The van der Waals surface area contributed by atoms with Crippen LogP contribution in [0, 0.1) is 13.8 Å². The minimum atomic E-state index is -0.479. The smallest absolute Gasteiger partial charge is 0.240 e. The molecule has 1 atom stereocenters. The third kappa shape index (κ3) is 4.92. The summed E-state index contributed by atoms with van der Waals surface area (Å²) < 4.78 is 0. The molecule has 1 fully saturated rings. The van der Waals surface area contributed by atoms with Crippen LogP contribution in [-0.4, -0.2) is 27.9 Å². The van der Waals surface area contributed by atoms with Crippen LogP contribution in [0.5, 0.6) is 0 Å². The zero-order valence-corrected chi connectivity index (χ0v) is 14.5. The van der Waals surface area contributed by atoms with Crippen molar-refractivity contribution in [1.29, 1.82) is 0 Å². The second-order valence-electron chi connectivity index (χ2n) is 5.60. The lowest BCUT2D eigenvalue weighted by atomic mass is 10.1. The molecule has 0 radical (unpaired) electrons. The third-order valence-electron chi connectivity index (χ3n) is 3.28. The summed E-state index contributed by atoms with van der Waals surface area (Å²) in [5, 5.41) is 13.3. The molecule has 0 bridgehead atoms. The molecule has 0 aromatic heterocycles. The van der Waals surface area contributed by atoms with E-state index in [2.05, 4.69) is 20.8 Å². The summed E-state index contributed by atoms with van der Waals surface area (Å²) in [4.78, 5) is 24.0. The van der Waals surface area contributed by atoms with E-state index in [-0.39, 0.29) is 18.2 Å². The van der Waals surface area contributed by atoms with Gasteiger partial charge in [0.1, 0.15) is 5.25 Å². The summed E-state index contributed by atoms with van der Waals surface area (Å²) in [5.41, 5.74) is 3.81. The van der Waals surface area contributed by atoms with E-state index in [4.69, 9.17) is 0 Å². The van der Waals surface area contributed by atoms with Crippen LogP contribution >= 0.6 is 11.8 Å². The summed E-state index contributed by atoms with van der Waals surface area (Å²) in [6, 6.07) is 5.73. The van der Waals surface area contributed by atoms with Crippen molar-refractivity contribution in [3.05, 3.63) is 29.3 Å². The maximum Gasteiger partial charge on any atom is 0.240 e. The standard InChI is InChI=1S/C16H20N4O2S/c1-9(2)19-20-16-18-15(22)13(23-16)8-14(21)17-12-6-5-10(3)11(4)7-12/h5-7,13H,8H2,1-4H3,(H,17,21)(H,18,20,22)/t13-/m0/s1. The maximum absolute atomic E-state index is 12.1. The number of rotatable bonds is 4. The molecular weight excluding hydrogens is 312 g/mol. The number of nitrogens with one attached hydrogen (secondary N) is 2. The van der Waals surface area contributed by atoms with Crippen LogP contribution in [-0.2, 0) is 9.59 Å². The first-order chi connectivity index (χ1) is 10.8. The van der Waals surface area contributed by atoms with E-state index in [1.54, 1.807) is 0 Å². The lowest BCUT2D eigenvalue weighted by Crippen LogP contribution is -2.28. The van der Waals surface area contributed by atoms with E-state index in [1.807, 2.05) is 45.9 Å². The van der Waals surface area contributed by atoms with Crippen molar-refractivity contribution in [3.8, 4) is 0 Å². The third-order valence-corrected chi connectivity index (χ3v) is 4.35. The molecule has 122 valence electrons. The number of nitrogens with zero attached hydrogens (tertiary/aromatic N) is 2. The Kier molecular flexibility index (Phi) is 5.54. The summed E-state index contributed by atoms with van der Waals surface area (Å²) in [7, 11) is 0. The number of carbonyl (C=O) groups is 2. The summed E-state index contributed by atoms with van der Waals surface area (Å²) >= 11 is 1.23. The number of aryl methyl sites for hydroxylation is 2. The van der Waals surface area contributed by atoms with Crippen LogP contribution in [0.15, 0.2) is 28.4 Å². The van der Waals surface area contributed by atoms with Gasteiger partial charge in [-0.15, -0.1) is 5.10 Å². The van der Waals surface area contributed by atoms with Crippen LogP contribution in [0.4, 0.5) is 5.69 Å². The van der Waals surface area contributed by atoms with Gasteiger partial charge in [0.15, 0.2) is 5.17 Å². The van der Waals surface area contributed by atoms with E-state index < -0.39 is 5.25 Å². The van der Waals surface area contributed by atoms with Gasteiger partial charge in [0.05, 0.1) is 0 Å². The Morgan fingerprint density at radius 1 is 1.30 bits per heavy atom. The summed E-state index contributed by atoms with van der Waals surface area (Å²) in [6.07, 6.45) is 0.0945. The van der Waals surface area contributed by atoms with Crippen molar-refractivity contribution >= 4 is 40.1 Å². The van der Waals surface area contributed by atoms with Gasteiger partial charge in [0, 0.05) is 17.8 Å². The largest absolute Gasteiger partial charge is 0.326 e. The molecule has 0 unspecified atom stereocenters. The monoisotopic (exact) mass is 332 g/mol. The van der Waals surface area contributed by atoms with Gasteiger partial charge in [0.25, 0.3) is 0 Å². The minimum Gasteiger partial charge on any atom is -0.326 e. The number of anilines is 1. The molecule has 2 N–H and O–H groups in total. The van der Waals surface area contributed by atoms with Gasteiger partial charge >= 0.3 is 0 Å². The Balaban J connectivity index is 1.95. The molecule has 0 spiro atoms. The molecule has 6 nitrogen and oxygen atoms in total. The van der Waals surface area contributed by atoms with Gasteiger partial charge in [-0.2, -0.15) is 5.10 Å². The van der Waals surface area contributed by atoms with Gasteiger partial charge in [0.2, 0.25) is 11.8 Å². The van der Waals surface area contributed by atoms with Gasteiger partial charge in [-0.05, 0) is 51.0 Å². The van der Waals surface area contributed by atoms with Crippen LogP contribution in [0.3, 0.4) is 0 Å². The molecular formula is C16H20N4O2S.